The fourth-order valence-electron chi connectivity index (χ4n) is 4.80. The molecule has 0 bridgehead atoms. The van der Waals surface area contributed by atoms with Gasteiger partial charge in [-0.25, -0.2) is 0 Å². The topological polar surface area (TPSA) is 62.4 Å². The van der Waals surface area contributed by atoms with Crippen LogP contribution in [0, 0.1) is 0 Å². The summed E-state index contributed by atoms with van der Waals surface area (Å²) in [4.78, 5) is 18.5. The van der Waals surface area contributed by atoms with Gasteiger partial charge in [0.1, 0.15) is 17.3 Å². The van der Waals surface area contributed by atoms with Gasteiger partial charge in [-0.15, -0.1) is 5.11 Å². The lowest BCUT2D eigenvalue weighted by atomic mass is 10.0. The monoisotopic (exact) mass is 507 g/mol. The second kappa shape index (κ2) is 11.9. The van der Waals surface area contributed by atoms with E-state index in [1.807, 2.05) is 91.9 Å². The van der Waals surface area contributed by atoms with Crippen LogP contribution >= 0.6 is 0 Å². The van der Waals surface area contributed by atoms with Crippen LogP contribution in [-0.4, -0.2) is 48.8 Å². The SMILES string of the molecule is CCOc1ccc(-c2cc(=O)n(-c3ccccc3)c(N3CCN(CC)CC3)c2N=Nc2ccccc2)cc1. The average Bonchev–Trinajstić information content (AvgIpc) is 2.97. The lowest BCUT2D eigenvalue weighted by Crippen LogP contribution is -2.47. The Kier molecular flexibility index (Phi) is 7.95. The van der Waals surface area contributed by atoms with Crippen LogP contribution in [0.4, 0.5) is 17.2 Å². The maximum absolute atomic E-state index is 13.8. The van der Waals surface area contributed by atoms with E-state index in [2.05, 4.69) is 21.8 Å². The first kappa shape index (κ1) is 25.4. The molecule has 1 aliphatic rings. The second-order valence-corrected chi connectivity index (χ2v) is 9.15. The first-order chi connectivity index (χ1) is 18.7. The number of ether oxygens (including phenoxy) is 1. The van der Waals surface area contributed by atoms with Crippen molar-refractivity contribution in [3.63, 3.8) is 0 Å². The summed E-state index contributed by atoms with van der Waals surface area (Å²) < 4.78 is 7.43. The van der Waals surface area contributed by atoms with E-state index in [9.17, 15) is 4.79 Å². The maximum Gasteiger partial charge on any atom is 0.257 e. The Morgan fingerprint density at radius 1 is 0.789 bits per heavy atom. The number of likely N-dealkylation sites (N-methyl/N-ethyl adjacent to an activating group) is 1. The van der Waals surface area contributed by atoms with Gasteiger partial charge in [0.15, 0.2) is 0 Å². The number of hydrogen-bond donors (Lipinski definition) is 0. The quantitative estimate of drug-likeness (QED) is 0.257. The van der Waals surface area contributed by atoms with E-state index >= 15 is 0 Å². The summed E-state index contributed by atoms with van der Waals surface area (Å²) in [6, 6.07) is 29.0. The lowest BCUT2D eigenvalue weighted by Gasteiger charge is -2.37. The van der Waals surface area contributed by atoms with Crippen molar-refractivity contribution in [2.45, 2.75) is 13.8 Å². The average molecular weight is 508 g/mol. The third kappa shape index (κ3) is 5.53. The number of pyridine rings is 1. The third-order valence-electron chi connectivity index (χ3n) is 6.80. The first-order valence-electron chi connectivity index (χ1n) is 13.2. The van der Waals surface area contributed by atoms with Crippen LogP contribution < -0.4 is 15.2 Å². The molecule has 4 aromatic rings. The Bertz CT molecular complexity index is 1430. The van der Waals surface area contributed by atoms with Crippen molar-refractivity contribution in [3.8, 4) is 22.6 Å². The highest BCUT2D eigenvalue weighted by Crippen LogP contribution is 2.40. The Morgan fingerprint density at radius 3 is 2.08 bits per heavy atom. The van der Waals surface area contributed by atoms with Crippen LogP contribution in [0.3, 0.4) is 0 Å². The minimum atomic E-state index is -0.105. The van der Waals surface area contributed by atoms with Crippen molar-refractivity contribution >= 4 is 17.2 Å². The van der Waals surface area contributed by atoms with Crippen molar-refractivity contribution < 1.29 is 4.74 Å². The fraction of sp³-hybridized carbons (Fsp3) is 0.258. The van der Waals surface area contributed by atoms with Gasteiger partial charge in [-0.1, -0.05) is 55.5 Å². The molecule has 194 valence electrons. The molecule has 0 spiro atoms. The van der Waals surface area contributed by atoms with Gasteiger partial charge in [0.2, 0.25) is 0 Å². The van der Waals surface area contributed by atoms with Crippen LogP contribution in [0.2, 0.25) is 0 Å². The molecule has 2 heterocycles. The Labute approximate surface area is 223 Å². The van der Waals surface area contributed by atoms with Gasteiger partial charge in [-0.2, -0.15) is 5.11 Å². The highest BCUT2D eigenvalue weighted by molar-refractivity contribution is 5.84. The summed E-state index contributed by atoms with van der Waals surface area (Å²) in [6.45, 7) is 9.17. The number of rotatable bonds is 8. The predicted molar refractivity (Wildman–Crippen MR) is 154 cm³/mol. The van der Waals surface area contributed by atoms with Gasteiger partial charge in [0.25, 0.3) is 5.56 Å². The van der Waals surface area contributed by atoms with Crippen molar-refractivity contribution in [1.29, 1.82) is 0 Å². The number of nitrogens with zero attached hydrogens (tertiary/aromatic N) is 5. The largest absolute Gasteiger partial charge is 0.494 e. The summed E-state index contributed by atoms with van der Waals surface area (Å²) in [5.41, 5.74) is 3.77. The zero-order chi connectivity index (χ0) is 26.3. The number of azo groups is 1. The molecule has 7 nitrogen and oxygen atoms in total. The molecule has 0 atom stereocenters. The molecule has 0 saturated carbocycles. The standard InChI is InChI=1S/C31H33N5O2/c1-3-34-19-21-35(22-20-34)31-30(33-32-25-11-7-5-8-12-25)28(24-15-17-27(18-16-24)38-4-2)23-29(37)36(31)26-13-9-6-10-14-26/h5-18,23H,3-4,19-22H2,1-2H3. The van der Waals surface area contributed by atoms with Crippen LogP contribution in [0.25, 0.3) is 16.8 Å². The molecule has 1 aliphatic heterocycles. The Morgan fingerprint density at radius 2 is 1.45 bits per heavy atom. The smallest absolute Gasteiger partial charge is 0.257 e. The molecule has 1 aromatic heterocycles. The zero-order valence-corrected chi connectivity index (χ0v) is 22.0. The fourth-order valence-corrected chi connectivity index (χ4v) is 4.80. The third-order valence-corrected chi connectivity index (χ3v) is 6.80. The molecule has 3 aromatic carbocycles. The van der Waals surface area contributed by atoms with Gasteiger partial charge >= 0.3 is 0 Å². The molecule has 0 aliphatic carbocycles. The first-order valence-corrected chi connectivity index (χ1v) is 13.2. The number of para-hydroxylation sites is 1. The minimum Gasteiger partial charge on any atom is -0.494 e. The van der Waals surface area contributed by atoms with Gasteiger partial charge in [0, 0.05) is 37.8 Å². The summed E-state index contributed by atoms with van der Waals surface area (Å²) in [5.74, 6) is 1.56. The highest BCUT2D eigenvalue weighted by Gasteiger charge is 2.26. The molecule has 0 unspecified atom stereocenters. The van der Waals surface area contributed by atoms with Crippen LogP contribution in [-0.2, 0) is 0 Å². The van der Waals surface area contributed by atoms with Crippen molar-refractivity contribution in [1.82, 2.24) is 9.47 Å². The molecule has 0 radical (unpaired) electrons. The Balaban J connectivity index is 1.74. The second-order valence-electron chi connectivity index (χ2n) is 9.15. The molecule has 1 fully saturated rings. The van der Waals surface area contributed by atoms with Crippen molar-refractivity contribution in [2.24, 2.45) is 10.2 Å². The summed E-state index contributed by atoms with van der Waals surface area (Å²) >= 11 is 0. The van der Waals surface area contributed by atoms with Gasteiger partial charge in [-0.3, -0.25) is 9.36 Å². The van der Waals surface area contributed by atoms with E-state index in [-0.39, 0.29) is 5.56 Å². The molecule has 5 rings (SSSR count). The number of piperazine rings is 1. The van der Waals surface area contributed by atoms with Gasteiger partial charge < -0.3 is 14.5 Å². The van der Waals surface area contributed by atoms with Crippen LogP contribution in [0.5, 0.6) is 5.75 Å². The molecule has 7 heteroatoms. The number of benzene rings is 3. The Hall–Kier alpha value is -4.23. The highest BCUT2D eigenvalue weighted by atomic mass is 16.5. The van der Waals surface area contributed by atoms with E-state index in [4.69, 9.17) is 9.85 Å². The van der Waals surface area contributed by atoms with E-state index in [0.29, 0.717) is 12.3 Å². The molecule has 1 saturated heterocycles. The summed E-state index contributed by atoms with van der Waals surface area (Å²) in [5, 5.41) is 9.44. The molecular formula is C31H33N5O2. The number of anilines is 1. The van der Waals surface area contributed by atoms with E-state index in [1.165, 1.54) is 0 Å². The molecule has 38 heavy (non-hydrogen) atoms. The van der Waals surface area contributed by atoms with E-state index < -0.39 is 0 Å². The van der Waals surface area contributed by atoms with Crippen LogP contribution in [0.15, 0.2) is 106 Å². The summed E-state index contributed by atoms with van der Waals surface area (Å²) in [6.07, 6.45) is 0. The maximum atomic E-state index is 13.8. The van der Waals surface area contributed by atoms with E-state index in [0.717, 1.165) is 66.8 Å². The van der Waals surface area contributed by atoms with Crippen molar-refractivity contribution in [2.75, 3.05) is 44.2 Å². The van der Waals surface area contributed by atoms with E-state index in [1.54, 1.807) is 10.6 Å². The molecular weight excluding hydrogens is 474 g/mol. The number of hydrogen-bond acceptors (Lipinski definition) is 6. The normalized spacial score (nSPS) is 14.2. The zero-order valence-electron chi connectivity index (χ0n) is 22.0. The lowest BCUT2D eigenvalue weighted by molar-refractivity contribution is 0.270. The number of aromatic nitrogens is 1. The molecule has 0 amide bonds. The minimum absolute atomic E-state index is 0.105. The summed E-state index contributed by atoms with van der Waals surface area (Å²) in [7, 11) is 0. The molecule has 0 N–H and O–H groups in total. The van der Waals surface area contributed by atoms with Gasteiger partial charge in [-0.05, 0) is 55.4 Å². The van der Waals surface area contributed by atoms with Crippen LogP contribution in [0.1, 0.15) is 13.8 Å². The van der Waals surface area contributed by atoms with Crippen molar-refractivity contribution in [3.05, 3.63) is 101 Å². The van der Waals surface area contributed by atoms with Gasteiger partial charge in [0.05, 0.1) is 18.0 Å². The predicted octanol–water partition coefficient (Wildman–Crippen LogP) is 6.46.